The molecule has 0 radical (unpaired) electrons. The third-order valence-corrected chi connectivity index (χ3v) is 3.60. The molecule has 25 heavy (non-hydrogen) atoms. The summed E-state index contributed by atoms with van der Waals surface area (Å²) in [5.41, 5.74) is 6.06. The van der Waals surface area contributed by atoms with E-state index in [1.807, 2.05) is 55.6 Å². The van der Waals surface area contributed by atoms with E-state index in [1.165, 1.54) is 0 Å². The van der Waals surface area contributed by atoms with Gasteiger partial charge in [0.05, 0.1) is 0 Å². The molecule has 0 atom stereocenters. The zero-order chi connectivity index (χ0) is 18.7. The van der Waals surface area contributed by atoms with Gasteiger partial charge in [-0.2, -0.15) is 15.3 Å². The first-order valence-corrected chi connectivity index (χ1v) is 10.9. The van der Waals surface area contributed by atoms with Gasteiger partial charge in [0.15, 0.2) is 6.29 Å². The van der Waals surface area contributed by atoms with Crippen molar-refractivity contribution in [3.63, 3.8) is 0 Å². The van der Waals surface area contributed by atoms with E-state index in [-0.39, 0.29) is 13.1 Å². The van der Waals surface area contributed by atoms with Crippen molar-refractivity contribution in [3.05, 3.63) is 58.7 Å². The zero-order valence-corrected chi connectivity index (χ0v) is 17.7. The summed E-state index contributed by atoms with van der Waals surface area (Å²) in [4.78, 5) is 0. The van der Waals surface area contributed by atoms with Crippen LogP contribution in [0.25, 0.3) is 0 Å². The fraction of sp³-hybridized carbons (Fsp3) is 0.375. The summed E-state index contributed by atoms with van der Waals surface area (Å²) in [5, 5.41) is 13.9. The van der Waals surface area contributed by atoms with E-state index in [4.69, 9.17) is 20.2 Å². The Morgan fingerprint density at radius 2 is 0.920 bits per heavy atom. The third-order valence-electron chi connectivity index (χ3n) is 3.60. The maximum absolute atomic E-state index is 4.80. The normalized spacial score (nSPS) is 10.6. The van der Waals surface area contributed by atoms with Crippen LogP contribution in [-0.4, -0.2) is 29.3 Å². The number of hydrogen-bond acceptors (Lipinski definition) is 3. The molecule has 0 aliphatic carbocycles. The molecule has 0 fully saturated rings. The van der Waals surface area contributed by atoms with Gasteiger partial charge in [0, 0.05) is 17.1 Å². The standard InChI is InChI=1S/C16H21N6.2ClH.Mn/c1-10-7-13(4)20(17-10)16(21-14(5)8-11(2)18-21)22-15(6)9-12(3)19-22;;;/h7-9H,1-6H3;2*1H;/q-1;;;+2/p-2. The molecule has 3 rings (SSSR count). The molecule has 0 aliphatic rings. The number of halogens is 2. The molecule has 6 nitrogen and oxygen atoms in total. The van der Waals surface area contributed by atoms with Gasteiger partial charge in [-0.15, -0.1) is 0 Å². The summed E-state index contributed by atoms with van der Waals surface area (Å²) in [5.74, 6) is 0. The van der Waals surface area contributed by atoms with Gasteiger partial charge in [-0.1, -0.05) is 39.0 Å². The molecule has 0 unspecified atom stereocenters. The molecule has 0 saturated carbocycles. The van der Waals surface area contributed by atoms with E-state index in [1.54, 1.807) is 0 Å². The van der Waals surface area contributed by atoms with E-state index in [2.05, 4.69) is 33.5 Å². The van der Waals surface area contributed by atoms with Gasteiger partial charge >= 0.3 is 33.3 Å². The summed E-state index contributed by atoms with van der Waals surface area (Å²) in [7, 11) is 9.59. The molecule has 0 aromatic carbocycles. The van der Waals surface area contributed by atoms with Gasteiger partial charge in [0.25, 0.3) is 0 Å². The van der Waals surface area contributed by atoms with Crippen molar-refractivity contribution in [3.8, 4) is 0 Å². The van der Waals surface area contributed by atoms with Crippen LogP contribution in [0.3, 0.4) is 0 Å². The van der Waals surface area contributed by atoms with E-state index in [0.29, 0.717) is 0 Å². The number of rotatable bonds is 3. The SMILES string of the molecule is Cc1cc(C)n([C-](n2nc(C)cc2C)n2nc(C)cc2C)n1.[Cl][Mn][Cl]. The Balaban J connectivity index is 0.000000701. The van der Waals surface area contributed by atoms with E-state index in [9.17, 15) is 0 Å². The molecule has 0 N–H and O–H groups in total. The van der Waals surface area contributed by atoms with Crippen molar-refractivity contribution in [2.45, 2.75) is 41.5 Å². The zero-order valence-electron chi connectivity index (χ0n) is 15.0. The van der Waals surface area contributed by atoms with Crippen LogP contribution in [0.4, 0.5) is 0 Å². The average molecular weight is 423 g/mol. The Bertz CT molecular complexity index is 741. The molecule has 137 valence electrons. The minimum absolute atomic E-state index is 0.00694. The minimum atomic E-state index is 0.00694. The van der Waals surface area contributed by atoms with E-state index in [0.717, 1.165) is 40.5 Å². The van der Waals surface area contributed by atoms with Gasteiger partial charge < -0.3 is 0 Å². The van der Waals surface area contributed by atoms with Gasteiger partial charge in [0.1, 0.15) is 0 Å². The van der Waals surface area contributed by atoms with Crippen molar-refractivity contribution in [2.75, 3.05) is 0 Å². The summed E-state index contributed by atoms with van der Waals surface area (Å²) in [6.07, 6.45) is 0.807. The van der Waals surface area contributed by atoms with Crippen molar-refractivity contribution in [1.29, 1.82) is 0 Å². The van der Waals surface area contributed by atoms with Crippen LogP contribution < -0.4 is 0 Å². The molecular formula is C16H21Cl2MnN6-. The van der Waals surface area contributed by atoms with Crippen molar-refractivity contribution >= 4 is 20.2 Å². The van der Waals surface area contributed by atoms with Crippen molar-refractivity contribution in [2.24, 2.45) is 0 Å². The van der Waals surface area contributed by atoms with Crippen molar-refractivity contribution < 1.29 is 13.1 Å². The summed E-state index contributed by atoms with van der Waals surface area (Å²) >= 11 is 0.00694. The molecule has 9 heteroatoms. The fourth-order valence-corrected chi connectivity index (χ4v) is 2.76. The van der Waals surface area contributed by atoms with Gasteiger partial charge in [-0.3, -0.25) is 14.0 Å². The number of hydrogen-bond donors (Lipinski definition) is 0. The van der Waals surface area contributed by atoms with Crippen molar-refractivity contribution in [1.82, 2.24) is 29.3 Å². The number of aryl methyl sites for hydroxylation is 6. The van der Waals surface area contributed by atoms with Crippen LogP contribution in [0.2, 0.25) is 0 Å². The second kappa shape index (κ2) is 8.32. The van der Waals surface area contributed by atoms with Gasteiger partial charge in [-0.05, 0) is 37.9 Å². The van der Waals surface area contributed by atoms with Crippen LogP contribution in [0.1, 0.15) is 34.2 Å². The third kappa shape index (κ3) is 4.42. The van der Waals surface area contributed by atoms with Crippen LogP contribution in [0, 0.1) is 47.8 Å². The number of aromatic nitrogens is 6. The Labute approximate surface area is 162 Å². The quantitative estimate of drug-likeness (QED) is 0.475. The molecule has 0 aliphatic heterocycles. The second-order valence-electron chi connectivity index (χ2n) is 5.87. The first-order valence-electron chi connectivity index (χ1n) is 7.63. The van der Waals surface area contributed by atoms with Crippen LogP contribution in [0.15, 0.2) is 18.2 Å². The van der Waals surface area contributed by atoms with Crippen LogP contribution >= 0.6 is 20.2 Å². The predicted octanol–water partition coefficient (Wildman–Crippen LogP) is 3.89. The molecule has 0 amide bonds. The van der Waals surface area contributed by atoms with Gasteiger partial charge in [0.2, 0.25) is 0 Å². The molecule has 0 spiro atoms. The van der Waals surface area contributed by atoms with Gasteiger partial charge in [-0.25, -0.2) is 0 Å². The predicted molar refractivity (Wildman–Crippen MR) is 96.2 cm³/mol. The fourth-order valence-electron chi connectivity index (χ4n) is 2.76. The summed E-state index contributed by atoms with van der Waals surface area (Å²) < 4.78 is 5.69. The van der Waals surface area contributed by atoms with E-state index >= 15 is 0 Å². The maximum atomic E-state index is 4.80. The topological polar surface area (TPSA) is 53.5 Å². The Hall–Kier alpha value is -1.40. The molecule has 3 heterocycles. The van der Waals surface area contributed by atoms with Crippen LogP contribution in [0.5, 0.6) is 0 Å². The first kappa shape index (κ1) is 19.9. The van der Waals surface area contributed by atoms with Crippen LogP contribution in [-0.2, 0) is 13.1 Å². The molecule has 0 saturated heterocycles. The molecule has 3 aromatic rings. The second-order valence-corrected chi connectivity index (χ2v) is 7.82. The molecular weight excluding hydrogens is 402 g/mol. The average Bonchev–Trinajstić information content (AvgIpc) is 3.12. The number of nitrogens with zero attached hydrogens (tertiary/aromatic N) is 6. The Kier molecular flexibility index (Phi) is 6.63. The molecule has 0 bridgehead atoms. The monoisotopic (exact) mass is 422 g/mol. The first-order chi connectivity index (χ1) is 11.8. The Morgan fingerprint density at radius 1 is 0.680 bits per heavy atom. The summed E-state index contributed by atoms with van der Waals surface area (Å²) in [6.45, 7) is 12.1. The van der Waals surface area contributed by atoms with E-state index < -0.39 is 0 Å². The summed E-state index contributed by atoms with van der Waals surface area (Å²) in [6, 6.07) is 6.16. The Morgan fingerprint density at radius 3 is 1.08 bits per heavy atom. The molecule has 3 aromatic heterocycles.